The van der Waals surface area contributed by atoms with Gasteiger partial charge in [0.1, 0.15) is 23.6 Å². The van der Waals surface area contributed by atoms with Crippen LogP contribution in [0.4, 0.5) is 21.8 Å². The zero-order valence-electron chi connectivity index (χ0n) is 18.1. The molecule has 33 heavy (non-hydrogen) atoms. The van der Waals surface area contributed by atoms with Gasteiger partial charge in [-0.2, -0.15) is 4.98 Å². The van der Waals surface area contributed by atoms with E-state index in [1.54, 1.807) is 12.1 Å². The minimum atomic E-state index is -0.500. The normalized spacial score (nSPS) is 16.2. The number of hydrogen-bond acceptors (Lipinski definition) is 7. The molecule has 2 aromatic heterocycles. The zero-order chi connectivity index (χ0) is 22.9. The highest BCUT2D eigenvalue weighted by molar-refractivity contribution is 5.67. The van der Waals surface area contributed by atoms with Crippen LogP contribution in [0.2, 0.25) is 0 Å². The predicted molar refractivity (Wildman–Crippen MR) is 126 cm³/mol. The molecule has 4 aromatic rings. The van der Waals surface area contributed by atoms with Crippen molar-refractivity contribution < 1.29 is 9.13 Å². The van der Waals surface area contributed by atoms with Crippen molar-refractivity contribution in [3.63, 3.8) is 0 Å². The number of aromatic nitrogens is 4. The number of hydrogen-bond donors (Lipinski definition) is 3. The largest absolute Gasteiger partial charge is 0.396 e. The van der Waals surface area contributed by atoms with Crippen LogP contribution in [0.5, 0.6) is 0 Å². The number of H-pyrrole nitrogens is 1. The Labute approximate surface area is 190 Å². The number of nitrogens with one attached hydrogen (secondary N) is 1. The molecule has 5 rings (SSSR count). The number of aryl methyl sites for hydroxylation is 1. The molecule has 1 unspecified atom stereocenters. The minimum absolute atomic E-state index is 0.0839. The first-order chi connectivity index (χ1) is 16.0. The number of aromatic amines is 1. The molecule has 168 valence electrons. The van der Waals surface area contributed by atoms with Gasteiger partial charge in [0.05, 0.1) is 30.2 Å². The lowest BCUT2D eigenvalue weighted by Gasteiger charge is -2.33. The molecule has 0 aliphatic carbocycles. The summed E-state index contributed by atoms with van der Waals surface area (Å²) >= 11 is 0. The van der Waals surface area contributed by atoms with Crippen LogP contribution >= 0.6 is 0 Å². The summed E-state index contributed by atoms with van der Waals surface area (Å²) in [6.45, 7) is 3.67. The number of ether oxygens (including phenoxy) is 1. The molecular weight excluding hydrogens is 421 g/mol. The molecule has 8 nitrogen and oxygen atoms in total. The van der Waals surface area contributed by atoms with E-state index in [1.165, 1.54) is 12.1 Å². The summed E-state index contributed by atoms with van der Waals surface area (Å²) in [4.78, 5) is 18.9. The molecule has 0 spiro atoms. The van der Waals surface area contributed by atoms with Crippen LogP contribution < -0.4 is 16.4 Å². The molecule has 1 aliphatic heterocycles. The summed E-state index contributed by atoms with van der Waals surface area (Å²) in [5.74, 6) is 1.02. The molecule has 1 saturated heterocycles. The van der Waals surface area contributed by atoms with E-state index in [1.807, 2.05) is 37.3 Å². The number of nitrogen functional groups attached to an aromatic ring is 2. The summed E-state index contributed by atoms with van der Waals surface area (Å²) in [6.07, 6.45) is -0.261. The first-order valence-corrected chi connectivity index (χ1v) is 10.7. The average Bonchev–Trinajstić information content (AvgIpc) is 3.23. The lowest BCUT2D eigenvalue weighted by Crippen LogP contribution is -2.39. The van der Waals surface area contributed by atoms with Crippen molar-refractivity contribution in [1.29, 1.82) is 0 Å². The molecule has 1 aliphatic rings. The van der Waals surface area contributed by atoms with Crippen molar-refractivity contribution in [2.45, 2.75) is 13.0 Å². The molecule has 3 heterocycles. The van der Waals surface area contributed by atoms with Gasteiger partial charge in [-0.15, -0.1) is 0 Å². The number of nitrogens with zero attached hydrogens (tertiary/aromatic N) is 4. The Kier molecular flexibility index (Phi) is 5.39. The van der Waals surface area contributed by atoms with Crippen LogP contribution in [0.15, 0.2) is 54.6 Å². The lowest BCUT2D eigenvalue weighted by molar-refractivity contribution is 0.0343. The van der Waals surface area contributed by atoms with Crippen LogP contribution in [0, 0.1) is 12.7 Å². The maximum Gasteiger partial charge on any atom is 0.222 e. The molecule has 5 N–H and O–H groups in total. The van der Waals surface area contributed by atoms with Crippen molar-refractivity contribution in [3.8, 4) is 22.5 Å². The summed E-state index contributed by atoms with van der Waals surface area (Å²) < 4.78 is 20.0. The van der Waals surface area contributed by atoms with E-state index in [2.05, 4.69) is 19.9 Å². The van der Waals surface area contributed by atoms with Gasteiger partial charge in [0.25, 0.3) is 0 Å². The van der Waals surface area contributed by atoms with E-state index in [-0.39, 0.29) is 17.7 Å². The molecule has 0 radical (unpaired) electrons. The van der Waals surface area contributed by atoms with E-state index < -0.39 is 5.82 Å². The second-order valence-corrected chi connectivity index (χ2v) is 7.97. The van der Waals surface area contributed by atoms with E-state index in [0.29, 0.717) is 36.8 Å². The number of benzene rings is 2. The monoisotopic (exact) mass is 445 g/mol. The van der Waals surface area contributed by atoms with Crippen molar-refractivity contribution in [2.75, 3.05) is 36.1 Å². The Morgan fingerprint density at radius 1 is 1.03 bits per heavy atom. The first kappa shape index (κ1) is 20.9. The van der Waals surface area contributed by atoms with Crippen LogP contribution in [-0.4, -0.2) is 39.6 Å². The summed E-state index contributed by atoms with van der Waals surface area (Å²) in [6, 6.07) is 16.4. The fourth-order valence-electron chi connectivity index (χ4n) is 3.98. The number of nitrogens with two attached hydrogens (primary N) is 2. The Morgan fingerprint density at radius 2 is 1.85 bits per heavy atom. The zero-order valence-corrected chi connectivity index (χ0v) is 18.1. The molecular formula is C24H24FN7O. The molecule has 9 heteroatoms. The van der Waals surface area contributed by atoms with Gasteiger partial charge in [-0.3, -0.25) is 0 Å². The van der Waals surface area contributed by atoms with Gasteiger partial charge in [-0.05, 0) is 19.1 Å². The molecule has 2 aromatic carbocycles. The maximum atomic E-state index is 14.0. The van der Waals surface area contributed by atoms with Gasteiger partial charge >= 0.3 is 0 Å². The first-order valence-electron chi connectivity index (χ1n) is 10.7. The topological polar surface area (TPSA) is 119 Å². The van der Waals surface area contributed by atoms with Gasteiger partial charge in [-0.25, -0.2) is 14.4 Å². The molecule has 1 atom stereocenters. The second kappa shape index (κ2) is 8.51. The lowest BCUT2D eigenvalue weighted by atomic mass is 10.1. The van der Waals surface area contributed by atoms with Gasteiger partial charge in [0, 0.05) is 29.4 Å². The number of rotatable bonds is 4. The quantitative estimate of drug-likeness (QED) is 0.410. The summed E-state index contributed by atoms with van der Waals surface area (Å²) in [5.41, 5.74) is 15.7. The van der Waals surface area contributed by atoms with Crippen LogP contribution in [-0.2, 0) is 4.74 Å². The highest BCUT2D eigenvalue weighted by Gasteiger charge is 2.27. The summed E-state index contributed by atoms with van der Waals surface area (Å²) in [5, 5.41) is 0. The van der Waals surface area contributed by atoms with Crippen molar-refractivity contribution in [3.05, 3.63) is 71.9 Å². The minimum Gasteiger partial charge on any atom is -0.396 e. The number of morpholine rings is 1. The van der Waals surface area contributed by atoms with Gasteiger partial charge in [-0.1, -0.05) is 36.4 Å². The smallest absolute Gasteiger partial charge is 0.222 e. The average molecular weight is 446 g/mol. The van der Waals surface area contributed by atoms with E-state index in [4.69, 9.17) is 21.2 Å². The third kappa shape index (κ3) is 4.22. The fraction of sp³-hybridized carbons (Fsp3) is 0.208. The Hall–Kier alpha value is -3.98. The van der Waals surface area contributed by atoms with Gasteiger partial charge < -0.3 is 26.1 Å². The van der Waals surface area contributed by atoms with E-state index in [0.717, 1.165) is 22.8 Å². The standard InChI is InChI=1S/C24H24FN7O/c1-14-22(15-5-3-2-4-6-15)31-23(28-14)20-13-32(9-10-33-20)21-12-19(29-24(27)30-21)16-7-8-18(26)17(25)11-16/h2-8,11-12,20H,9-10,13,26H2,1H3,(H,28,31)(H2,27,29,30). The van der Waals surface area contributed by atoms with Crippen LogP contribution in [0.3, 0.4) is 0 Å². The van der Waals surface area contributed by atoms with Crippen molar-refractivity contribution in [2.24, 2.45) is 0 Å². The molecule has 0 saturated carbocycles. The Bertz CT molecular complexity index is 1290. The number of imidazole rings is 1. The highest BCUT2D eigenvalue weighted by atomic mass is 19.1. The van der Waals surface area contributed by atoms with Crippen LogP contribution in [0.25, 0.3) is 22.5 Å². The van der Waals surface area contributed by atoms with Crippen molar-refractivity contribution in [1.82, 2.24) is 19.9 Å². The number of anilines is 3. The van der Waals surface area contributed by atoms with Gasteiger partial charge in [0.15, 0.2) is 0 Å². The molecule has 0 amide bonds. The molecule has 0 bridgehead atoms. The maximum absolute atomic E-state index is 14.0. The number of halogens is 1. The van der Waals surface area contributed by atoms with Crippen molar-refractivity contribution >= 4 is 17.5 Å². The Morgan fingerprint density at radius 3 is 2.64 bits per heavy atom. The summed E-state index contributed by atoms with van der Waals surface area (Å²) in [7, 11) is 0. The predicted octanol–water partition coefficient (Wildman–Crippen LogP) is 3.72. The third-order valence-electron chi connectivity index (χ3n) is 5.67. The Balaban J connectivity index is 1.41. The van der Waals surface area contributed by atoms with E-state index in [9.17, 15) is 4.39 Å². The molecule has 1 fully saturated rings. The highest BCUT2D eigenvalue weighted by Crippen LogP contribution is 2.30. The van der Waals surface area contributed by atoms with E-state index >= 15 is 0 Å². The van der Waals surface area contributed by atoms with Gasteiger partial charge in [0.2, 0.25) is 5.95 Å². The third-order valence-corrected chi connectivity index (χ3v) is 5.67. The SMILES string of the molecule is Cc1[nH]c(C2CN(c3cc(-c4ccc(N)c(F)c4)nc(N)n3)CCO2)nc1-c1ccccc1. The van der Waals surface area contributed by atoms with Crippen LogP contribution in [0.1, 0.15) is 17.6 Å². The fourth-order valence-corrected chi connectivity index (χ4v) is 3.98. The second-order valence-electron chi connectivity index (χ2n) is 7.97.